The summed E-state index contributed by atoms with van der Waals surface area (Å²) in [6.45, 7) is 2.44. The quantitative estimate of drug-likeness (QED) is 0.581. The van der Waals surface area contributed by atoms with E-state index in [-0.39, 0.29) is 11.4 Å². The number of piperidine rings is 1. The molecule has 170 valence electrons. The van der Waals surface area contributed by atoms with Crippen LogP contribution in [0.4, 0.5) is 10.5 Å². The molecule has 0 saturated carbocycles. The highest BCUT2D eigenvalue weighted by atomic mass is 16.2. The first-order valence-corrected chi connectivity index (χ1v) is 11.4. The summed E-state index contributed by atoms with van der Waals surface area (Å²) in [4.78, 5) is 15.0. The van der Waals surface area contributed by atoms with Crippen molar-refractivity contribution in [2.45, 2.75) is 18.3 Å². The number of carbonyl (C=O) groups excluding carboxylic acids is 1. The standard InChI is InChI=1S/C28H27N5O/c1-33-14-12-28(13-15-33,20-31-27(34)32-26-7-3-5-22(17-26)19-30)25-10-8-23(9-11-25)24-6-2-4-21(16-24)18-29/h2-11,16-17H,12-15,20H2,1H3,(H2,31,32,34). The van der Waals surface area contributed by atoms with Gasteiger partial charge in [-0.2, -0.15) is 10.5 Å². The van der Waals surface area contributed by atoms with Gasteiger partial charge >= 0.3 is 6.03 Å². The zero-order valence-electron chi connectivity index (χ0n) is 19.2. The molecule has 1 heterocycles. The van der Waals surface area contributed by atoms with Crippen molar-refractivity contribution in [3.63, 3.8) is 0 Å². The Balaban J connectivity index is 1.51. The fraction of sp³-hybridized carbons (Fsp3) is 0.250. The van der Waals surface area contributed by atoms with Gasteiger partial charge in [0.25, 0.3) is 0 Å². The van der Waals surface area contributed by atoms with Crippen molar-refractivity contribution in [1.82, 2.24) is 10.2 Å². The first-order chi connectivity index (χ1) is 16.5. The molecule has 2 N–H and O–H groups in total. The van der Waals surface area contributed by atoms with E-state index in [9.17, 15) is 10.1 Å². The van der Waals surface area contributed by atoms with Gasteiger partial charge in [0.15, 0.2) is 0 Å². The monoisotopic (exact) mass is 449 g/mol. The zero-order valence-corrected chi connectivity index (χ0v) is 19.2. The van der Waals surface area contributed by atoms with Gasteiger partial charge in [-0.25, -0.2) is 4.79 Å². The van der Waals surface area contributed by atoms with Crippen molar-refractivity contribution in [3.8, 4) is 23.3 Å². The lowest BCUT2D eigenvalue weighted by Gasteiger charge is -2.41. The molecule has 0 spiro atoms. The van der Waals surface area contributed by atoms with E-state index >= 15 is 0 Å². The maximum Gasteiger partial charge on any atom is 0.319 e. The van der Waals surface area contributed by atoms with Gasteiger partial charge in [-0.05, 0) is 80.0 Å². The third kappa shape index (κ3) is 5.26. The number of likely N-dealkylation sites (tertiary alicyclic amines) is 1. The Morgan fingerprint density at radius 2 is 1.56 bits per heavy atom. The number of nitriles is 2. The van der Waals surface area contributed by atoms with Crippen molar-refractivity contribution in [3.05, 3.63) is 89.5 Å². The van der Waals surface area contributed by atoms with Crippen molar-refractivity contribution < 1.29 is 4.79 Å². The number of rotatable bonds is 5. The number of hydrogen-bond donors (Lipinski definition) is 2. The van der Waals surface area contributed by atoms with Crippen LogP contribution in [0.15, 0.2) is 72.8 Å². The van der Waals surface area contributed by atoms with E-state index in [2.05, 4.69) is 59.0 Å². The van der Waals surface area contributed by atoms with Crippen LogP contribution in [-0.4, -0.2) is 37.6 Å². The molecule has 0 aromatic heterocycles. The first-order valence-electron chi connectivity index (χ1n) is 11.4. The summed E-state index contributed by atoms with van der Waals surface area (Å²) in [5, 5.41) is 24.2. The van der Waals surface area contributed by atoms with Crippen LogP contribution in [0.3, 0.4) is 0 Å². The van der Waals surface area contributed by atoms with Crippen LogP contribution < -0.4 is 10.6 Å². The van der Waals surface area contributed by atoms with E-state index in [0.29, 0.717) is 23.4 Å². The number of benzene rings is 3. The summed E-state index contributed by atoms with van der Waals surface area (Å²) in [5.41, 5.74) is 4.86. The minimum Gasteiger partial charge on any atom is -0.337 e. The lowest BCUT2D eigenvalue weighted by Crippen LogP contribution is -2.48. The maximum absolute atomic E-state index is 12.7. The summed E-state index contributed by atoms with van der Waals surface area (Å²) < 4.78 is 0. The van der Waals surface area contributed by atoms with Gasteiger partial charge in [0.1, 0.15) is 0 Å². The van der Waals surface area contributed by atoms with E-state index in [1.54, 1.807) is 30.3 Å². The molecule has 1 aliphatic rings. The Hall–Kier alpha value is -4.13. The first kappa shape index (κ1) is 23.0. The van der Waals surface area contributed by atoms with Gasteiger partial charge in [-0.3, -0.25) is 0 Å². The molecule has 0 aliphatic carbocycles. The van der Waals surface area contributed by atoms with Crippen LogP contribution in [-0.2, 0) is 5.41 Å². The van der Waals surface area contributed by atoms with Crippen LogP contribution in [0, 0.1) is 22.7 Å². The summed E-state index contributed by atoms with van der Waals surface area (Å²) in [7, 11) is 2.12. The third-order valence-electron chi connectivity index (χ3n) is 6.60. The molecule has 0 unspecified atom stereocenters. The number of nitrogens with one attached hydrogen (secondary N) is 2. The summed E-state index contributed by atoms with van der Waals surface area (Å²) in [5.74, 6) is 0. The lowest BCUT2D eigenvalue weighted by atomic mass is 9.72. The molecule has 6 nitrogen and oxygen atoms in total. The predicted molar refractivity (Wildman–Crippen MR) is 133 cm³/mol. The molecular formula is C28H27N5O. The normalized spacial score (nSPS) is 15.0. The van der Waals surface area contributed by atoms with Crippen molar-refractivity contribution in [2.75, 3.05) is 32.0 Å². The Bertz CT molecular complexity index is 1240. The second-order valence-corrected chi connectivity index (χ2v) is 8.85. The number of nitrogens with zero attached hydrogens (tertiary/aromatic N) is 3. The topological polar surface area (TPSA) is 91.9 Å². The van der Waals surface area contributed by atoms with Crippen LogP contribution in [0.25, 0.3) is 11.1 Å². The van der Waals surface area contributed by atoms with E-state index < -0.39 is 0 Å². The van der Waals surface area contributed by atoms with Crippen LogP contribution >= 0.6 is 0 Å². The molecule has 0 bridgehead atoms. The molecule has 2 amide bonds. The number of carbonyl (C=O) groups is 1. The molecular weight excluding hydrogens is 422 g/mol. The minimum atomic E-state index is -0.279. The summed E-state index contributed by atoms with van der Waals surface area (Å²) >= 11 is 0. The molecule has 4 rings (SSSR count). The highest BCUT2D eigenvalue weighted by Crippen LogP contribution is 2.36. The van der Waals surface area contributed by atoms with Gasteiger partial charge in [0.05, 0.1) is 23.3 Å². The largest absolute Gasteiger partial charge is 0.337 e. The van der Waals surface area contributed by atoms with Crippen LogP contribution in [0.1, 0.15) is 29.5 Å². The number of urea groups is 1. The van der Waals surface area contributed by atoms with E-state index in [1.165, 1.54) is 5.56 Å². The smallest absolute Gasteiger partial charge is 0.319 e. The SMILES string of the molecule is CN1CCC(CNC(=O)Nc2cccc(C#N)c2)(c2ccc(-c3cccc(C#N)c3)cc2)CC1. The van der Waals surface area contributed by atoms with Gasteiger partial charge in [0.2, 0.25) is 0 Å². The second-order valence-electron chi connectivity index (χ2n) is 8.85. The van der Waals surface area contributed by atoms with Gasteiger partial charge in [0, 0.05) is 17.6 Å². The molecule has 3 aromatic carbocycles. The van der Waals surface area contributed by atoms with Crippen LogP contribution in [0.2, 0.25) is 0 Å². The van der Waals surface area contributed by atoms with Gasteiger partial charge in [-0.15, -0.1) is 0 Å². The van der Waals surface area contributed by atoms with Crippen molar-refractivity contribution in [1.29, 1.82) is 10.5 Å². The molecule has 0 radical (unpaired) electrons. The number of hydrogen-bond acceptors (Lipinski definition) is 4. The Morgan fingerprint density at radius 1 is 0.912 bits per heavy atom. The predicted octanol–water partition coefficient (Wildman–Crippen LogP) is 4.88. The number of amides is 2. The van der Waals surface area contributed by atoms with Gasteiger partial charge < -0.3 is 15.5 Å². The maximum atomic E-state index is 12.7. The third-order valence-corrected chi connectivity index (χ3v) is 6.60. The van der Waals surface area contributed by atoms with Crippen molar-refractivity contribution in [2.24, 2.45) is 0 Å². The Labute approximate surface area is 200 Å². The average molecular weight is 450 g/mol. The molecule has 1 aliphatic heterocycles. The Morgan fingerprint density at radius 3 is 2.24 bits per heavy atom. The minimum absolute atomic E-state index is 0.161. The fourth-order valence-corrected chi connectivity index (χ4v) is 4.49. The highest BCUT2D eigenvalue weighted by molar-refractivity contribution is 5.89. The molecule has 3 aromatic rings. The second kappa shape index (κ2) is 10.2. The number of anilines is 1. The molecule has 6 heteroatoms. The molecule has 1 saturated heterocycles. The molecule has 1 fully saturated rings. The molecule has 34 heavy (non-hydrogen) atoms. The van der Waals surface area contributed by atoms with E-state index in [4.69, 9.17) is 5.26 Å². The van der Waals surface area contributed by atoms with E-state index in [0.717, 1.165) is 37.1 Å². The fourth-order valence-electron chi connectivity index (χ4n) is 4.49. The zero-order chi connectivity index (χ0) is 24.0. The lowest BCUT2D eigenvalue weighted by molar-refractivity contribution is 0.183. The van der Waals surface area contributed by atoms with Gasteiger partial charge in [-0.1, -0.05) is 42.5 Å². The highest BCUT2D eigenvalue weighted by Gasteiger charge is 2.35. The van der Waals surface area contributed by atoms with Crippen molar-refractivity contribution >= 4 is 11.7 Å². The molecule has 0 atom stereocenters. The summed E-state index contributed by atoms with van der Waals surface area (Å²) in [6.07, 6.45) is 1.88. The van der Waals surface area contributed by atoms with Crippen LogP contribution in [0.5, 0.6) is 0 Å². The Kier molecular flexibility index (Phi) is 6.92. The van der Waals surface area contributed by atoms with E-state index in [1.807, 2.05) is 18.2 Å². The summed E-state index contributed by atoms with van der Waals surface area (Å²) in [6, 6.07) is 27.0. The average Bonchev–Trinajstić information content (AvgIpc) is 2.89.